The molecule has 0 bridgehead atoms. The highest BCUT2D eigenvalue weighted by Gasteiger charge is 2.33. The molecular weight excluding hydrogens is 214 g/mol. The lowest BCUT2D eigenvalue weighted by molar-refractivity contribution is -0.148. The average molecular weight is 235 g/mol. The highest BCUT2D eigenvalue weighted by Crippen LogP contribution is 2.36. The van der Waals surface area contributed by atoms with Crippen molar-refractivity contribution in [3.8, 4) is 0 Å². The fourth-order valence-electron chi connectivity index (χ4n) is 3.05. The fourth-order valence-corrected chi connectivity index (χ4v) is 3.05. The zero-order valence-corrected chi connectivity index (χ0v) is 10.9. The normalized spacial score (nSPS) is 24.6. The lowest BCUT2D eigenvalue weighted by Crippen LogP contribution is -2.31. The number of nitrogens with zero attached hydrogens (tertiary/aromatic N) is 1. The molecule has 0 amide bonds. The Morgan fingerprint density at radius 1 is 1.24 bits per heavy atom. The van der Waals surface area contributed by atoms with Crippen molar-refractivity contribution >= 4 is 5.97 Å². The maximum Gasteiger partial charge on any atom is 0.310 e. The molecular formula is C14H21NO2. The van der Waals surface area contributed by atoms with E-state index in [4.69, 9.17) is 4.74 Å². The third-order valence-electron chi connectivity index (χ3n) is 3.89. The van der Waals surface area contributed by atoms with Gasteiger partial charge in [0.1, 0.15) is 0 Å². The van der Waals surface area contributed by atoms with Crippen molar-refractivity contribution in [2.24, 2.45) is 5.92 Å². The molecule has 0 N–H and O–H groups in total. The van der Waals surface area contributed by atoms with Crippen LogP contribution < -0.4 is 0 Å². The van der Waals surface area contributed by atoms with Crippen molar-refractivity contribution in [3.63, 3.8) is 0 Å². The van der Waals surface area contributed by atoms with E-state index < -0.39 is 0 Å². The fraction of sp³-hybridized carbons (Fsp3) is 0.643. The second kappa shape index (κ2) is 4.94. The van der Waals surface area contributed by atoms with Gasteiger partial charge in [0, 0.05) is 17.4 Å². The van der Waals surface area contributed by atoms with Gasteiger partial charge in [-0.2, -0.15) is 0 Å². The summed E-state index contributed by atoms with van der Waals surface area (Å²) in [4.78, 5) is 11.9. The van der Waals surface area contributed by atoms with E-state index in [0.717, 1.165) is 19.3 Å². The van der Waals surface area contributed by atoms with E-state index in [1.807, 2.05) is 0 Å². The van der Waals surface area contributed by atoms with E-state index in [1.165, 1.54) is 24.9 Å². The summed E-state index contributed by atoms with van der Waals surface area (Å²) in [6.45, 7) is 4.21. The molecule has 0 aromatic carbocycles. The lowest BCUT2D eigenvalue weighted by Gasteiger charge is -2.32. The van der Waals surface area contributed by atoms with Gasteiger partial charge in [-0.3, -0.25) is 4.79 Å². The average Bonchev–Trinajstić information content (AvgIpc) is 2.68. The molecule has 1 aromatic rings. The highest BCUT2D eigenvalue weighted by atomic mass is 16.5. The summed E-state index contributed by atoms with van der Waals surface area (Å²) in [5.74, 6) is -0.0271. The van der Waals surface area contributed by atoms with Gasteiger partial charge in [0.2, 0.25) is 0 Å². The van der Waals surface area contributed by atoms with Crippen molar-refractivity contribution < 1.29 is 9.53 Å². The third-order valence-corrected chi connectivity index (χ3v) is 3.89. The molecule has 1 heterocycles. The van der Waals surface area contributed by atoms with E-state index in [0.29, 0.717) is 0 Å². The SMILES string of the molecule is COC(=O)C1CCCCC1n1c(C)ccc1C. The first-order valence-electron chi connectivity index (χ1n) is 6.37. The zero-order chi connectivity index (χ0) is 12.4. The number of carbonyl (C=O) groups is 1. The van der Waals surface area contributed by atoms with Crippen LogP contribution >= 0.6 is 0 Å². The predicted molar refractivity (Wildman–Crippen MR) is 66.9 cm³/mol. The summed E-state index contributed by atoms with van der Waals surface area (Å²) in [6, 6.07) is 4.53. The highest BCUT2D eigenvalue weighted by molar-refractivity contribution is 5.73. The summed E-state index contributed by atoms with van der Waals surface area (Å²) in [5.41, 5.74) is 2.48. The number of carbonyl (C=O) groups excluding carboxylic acids is 1. The number of aryl methyl sites for hydroxylation is 2. The van der Waals surface area contributed by atoms with Crippen molar-refractivity contribution in [2.45, 2.75) is 45.6 Å². The molecule has 2 unspecified atom stereocenters. The van der Waals surface area contributed by atoms with E-state index in [2.05, 4.69) is 30.5 Å². The molecule has 3 nitrogen and oxygen atoms in total. The Kier molecular flexibility index (Phi) is 3.55. The second-order valence-electron chi connectivity index (χ2n) is 4.97. The minimum Gasteiger partial charge on any atom is -0.469 e. The molecule has 2 rings (SSSR count). The molecule has 0 aliphatic heterocycles. The van der Waals surface area contributed by atoms with Crippen LogP contribution in [0.15, 0.2) is 12.1 Å². The van der Waals surface area contributed by atoms with E-state index in [-0.39, 0.29) is 17.9 Å². The first-order valence-corrected chi connectivity index (χ1v) is 6.37. The Bertz CT molecular complexity index is 389. The molecule has 1 aliphatic rings. The summed E-state index contributed by atoms with van der Waals surface area (Å²) < 4.78 is 7.25. The van der Waals surface area contributed by atoms with E-state index in [1.54, 1.807) is 0 Å². The van der Waals surface area contributed by atoms with E-state index in [9.17, 15) is 4.79 Å². The summed E-state index contributed by atoms with van der Waals surface area (Å²) in [6.07, 6.45) is 4.37. The Morgan fingerprint density at radius 3 is 2.41 bits per heavy atom. The molecule has 1 fully saturated rings. The van der Waals surface area contributed by atoms with Gasteiger partial charge < -0.3 is 9.30 Å². The van der Waals surface area contributed by atoms with Gasteiger partial charge in [0.25, 0.3) is 0 Å². The molecule has 2 atom stereocenters. The largest absolute Gasteiger partial charge is 0.469 e. The van der Waals surface area contributed by atoms with Crippen molar-refractivity contribution in [1.82, 2.24) is 4.57 Å². The molecule has 1 saturated carbocycles. The molecule has 1 aromatic heterocycles. The van der Waals surface area contributed by atoms with Gasteiger partial charge in [-0.15, -0.1) is 0 Å². The van der Waals surface area contributed by atoms with Crippen LogP contribution in [-0.2, 0) is 9.53 Å². The van der Waals surface area contributed by atoms with Crippen LogP contribution in [0.25, 0.3) is 0 Å². The van der Waals surface area contributed by atoms with Gasteiger partial charge in [-0.25, -0.2) is 0 Å². The van der Waals surface area contributed by atoms with Gasteiger partial charge >= 0.3 is 5.97 Å². The maximum atomic E-state index is 11.9. The number of aromatic nitrogens is 1. The second-order valence-corrected chi connectivity index (χ2v) is 4.97. The Morgan fingerprint density at radius 2 is 1.82 bits per heavy atom. The zero-order valence-electron chi connectivity index (χ0n) is 10.9. The Labute approximate surface area is 103 Å². The number of hydrogen-bond donors (Lipinski definition) is 0. The first kappa shape index (κ1) is 12.2. The van der Waals surface area contributed by atoms with Gasteiger partial charge in [0.05, 0.1) is 13.0 Å². The molecule has 1 aliphatic carbocycles. The monoisotopic (exact) mass is 235 g/mol. The molecule has 0 saturated heterocycles. The molecule has 17 heavy (non-hydrogen) atoms. The number of hydrogen-bond acceptors (Lipinski definition) is 2. The van der Waals surface area contributed by atoms with Gasteiger partial charge in [-0.05, 0) is 38.8 Å². The van der Waals surface area contributed by atoms with Crippen LogP contribution in [0, 0.1) is 19.8 Å². The molecule has 0 spiro atoms. The molecule has 3 heteroatoms. The predicted octanol–water partition coefficient (Wildman–Crippen LogP) is 3.01. The number of esters is 1. The maximum absolute atomic E-state index is 11.9. The van der Waals surface area contributed by atoms with Crippen LogP contribution in [-0.4, -0.2) is 17.6 Å². The smallest absolute Gasteiger partial charge is 0.310 e. The topological polar surface area (TPSA) is 31.2 Å². The first-order chi connectivity index (χ1) is 8.15. The third kappa shape index (κ3) is 2.24. The van der Waals surface area contributed by atoms with Crippen LogP contribution in [0.4, 0.5) is 0 Å². The van der Waals surface area contributed by atoms with E-state index >= 15 is 0 Å². The van der Waals surface area contributed by atoms with Crippen LogP contribution in [0.5, 0.6) is 0 Å². The quantitative estimate of drug-likeness (QED) is 0.738. The standard InChI is InChI=1S/C14H21NO2/c1-10-8-9-11(2)15(10)13-7-5-4-6-12(13)14(16)17-3/h8-9,12-13H,4-7H2,1-3H3. The van der Waals surface area contributed by atoms with Crippen LogP contribution in [0.1, 0.15) is 43.1 Å². The lowest BCUT2D eigenvalue weighted by atomic mass is 9.84. The Balaban J connectivity index is 2.31. The minimum absolute atomic E-state index is 0.0264. The van der Waals surface area contributed by atoms with Gasteiger partial charge in [0.15, 0.2) is 0 Å². The molecule has 94 valence electrons. The van der Waals surface area contributed by atoms with Crippen molar-refractivity contribution in [1.29, 1.82) is 0 Å². The van der Waals surface area contributed by atoms with Crippen molar-refractivity contribution in [2.75, 3.05) is 7.11 Å². The summed E-state index contributed by atoms with van der Waals surface area (Å²) >= 11 is 0. The number of ether oxygens (including phenoxy) is 1. The summed E-state index contributed by atoms with van der Waals surface area (Å²) in [7, 11) is 1.49. The summed E-state index contributed by atoms with van der Waals surface area (Å²) in [5, 5.41) is 0. The number of rotatable bonds is 2. The number of methoxy groups -OCH3 is 1. The van der Waals surface area contributed by atoms with Crippen LogP contribution in [0.3, 0.4) is 0 Å². The van der Waals surface area contributed by atoms with Crippen molar-refractivity contribution in [3.05, 3.63) is 23.5 Å². The van der Waals surface area contributed by atoms with Gasteiger partial charge in [-0.1, -0.05) is 12.8 Å². The Hall–Kier alpha value is -1.25. The molecule has 0 radical (unpaired) electrons. The van der Waals surface area contributed by atoms with Crippen LogP contribution in [0.2, 0.25) is 0 Å². The minimum atomic E-state index is -0.0535.